The molecule has 1 N–H and O–H groups in total. The van der Waals surface area contributed by atoms with Crippen molar-refractivity contribution in [1.29, 1.82) is 5.26 Å². The predicted molar refractivity (Wildman–Crippen MR) is 107 cm³/mol. The normalized spacial score (nSPS) is 15.0. The first kappa shape index (κ1) is 18.6. The molecule has 1 fully saturated rings. The van der Waals surface area contributed by atoms with E-state index in [0.717, 1.165) is 67.2 Å². The first-order valence-electron chi connectivity index (χ1n) is 9.11. The number of aromatic carboxylic acids is 1. The number of ether oxygens (including phenoxy) is 1. The largest absolute Gasteiger partial charge is 0.477 e. The van der Waals surface area contributed by atoms with Crippen molar-refractivity contribution in [3.05, 3.63) is 40.5 Å². The highest BCUT2D eigenvalue weighted by atomic mass is 32.1. The molecule has 0 spiro atoms. The fraction of sp³-hybridized carbons (Fsp3) is 0.350. The molecule has 28 heavy (non-hydrogen) atoms. The van der Waals surface area contributed by atoms with Gasteiger partial charge in [0.25, 0.3) is 0 Å². The van der Waals surface area contributed by atoms with Crippen LogP contribution in [0.1, 0.15) is 20.9 Å². The van der Waals surface area contributed by atoms with Crippen LogP contribution < -0.4 is 0 Å². The van der Waals surface area contributed by atoms with Gasteiger partial charge in [0.2, 0.25) is 0 Å². The highest BCUT2D eigenvalue weighted by molar-refractivity contribution is 7.17. The van der Waals surface area contributed by atoms with Crippen LogP contribution >= 0.6 is 11.3 Å². The van der Waals surface area contributed by atoms with Crippen LogP contribution in [0.5, 0.6) is 0 Å². The fourth-order valence-electron chi connectivity index (χ4n) is 3.50. The second-order valence-electron chi connectivity index (χ2n) is 6.77. The van der Waals surface area contributed by atoms with Crippen molar-refractivity contribution in [3.63, 3.8) is 0 Å². The number of thiazole rings is 1. The molecule has 144 valence electrons. The third-order valence-electron chi connectivity index (χ3n) is 5.00. The van der Waals surface area contributed by atoms with Crippen LogP contribution in [0.25, 0.3) is 21.5 Å². The Kier molecular flexibility index (Phi) is 5.13. The monoisotopic (exact) mass is 396 g/mol. The molecule has 0 saturated carbocycles. The Labute approximate surface area is 166 Å². The van der Waals surface area contributed by atoms with Crippen LogP contribution in [0.4, 0.5) is 0 Å². The summed E-state index contributed by atoms with van der Waals surface area (Å²) in [5.74, 6) is -0.964. The van der Waals surface area contributed by atoms with E-state index in [2.05, 4.69) is 20.5 Å². The average Bonchev–Trinajstić information content (AvgIpc) is 3.27. The molecule has 7 nitrogen and oxygen atoms in total. The second kappa shape index (κ2) is 7.72. The van der Waals surface area contributed by atoms with Gasteiger partial charge in [-0.05, 0) is 25.1 Å². The number of rotatable bonds is 5. The summed E-state index contributed by atoms with van der Waals surface area (Å²) in [6, 6.07) is 8.14. The number of fused-ring (bicyclic) bond motifs is 1. The van der Waals surface area contributed by atoms with E-state index in [4.69, 9.17) is 4.74 Å². The van der Waals surface area contributed by atoms with E-state index in [1.807, 2.05) is 24.4 Å². The van der Waals surface area contributed by atoms with Crippen molar-refractivity contribution in [2.24, 2.45) is 0 Å². The lowest BCUT2D eigenvalue weighted by atomic mass is 10.1. The maximum atomic E-state index is 11.3. The molecule has 0 atom stereocenters. The summed E-state index contributed by atoms with van der Waals surface area (Å²) in [6.45, 7) is 6.82. The molecule has 1 aliphatic heterocycles. The Morgan fingerprint density at radius 1 is 1.36 bits per heavy atom. The lowest BCUT2D eigenvalue weighted by molar-refractivity contribution is 0.0365. The number of benzene rings is 1. The number of carboxylic acid groups (broad SMARTS) is 1. The summed E-state index contributed by atoms with van der Waals surface area (Å²) in [4.78, 5) is 18.3. The van der Waals surface area contributed by atoms with Gasteiger partial charge in [0, 0.05) is 48.8 Å². The zero-order valence-corrected chi connectivity index (χ0v) is 16.3. The number of morpholine rings is 1. The van der Waals surface area contributed by atoms with Gasteiger partial charge >= 0.3 is 5.97 Å². The lowest BCUT2D eigenvalue weighted by Gasteiger charge is -2.26. The van der Waals surface area contributed by atoms with E-state index in [0.29, 0.717) is 16.3 Å². The van der Waals surface area contributed by atoms with Gasteiger partial charge in [-0.1, -0.05) is 0 Å². The van der Waals surface area contributed by atoms with E-state index >= 15 is 0 Å². The predicted octanol–water partition coefficient (Wildman–Crippen LogP) is 2.98. The van der Waals surface area contributed by atoms with Crippen molar-refractivity contribution in [2.75, 3.05) is 32.8 Å². The van der Waals surface area contributed by atoms with Gasteiger partial charge < -0.3 is 14.4 Å². The van der Waals surface area contributed by atoms with Gasteiger partial charge in [-0.3, -0.25) is 4.90 Å². The lowest BCUT2D eigenvalue weighted by Crippen LogP contribution is -2.38. The van der Waals surface area contributed by atoms with E-state index in [1.54, 1.807) is 6.92 Å². The minimum absolute atomic E-state index is 0.249. The molecule has 1 aromatic carbocycles. The molecule has 0 unspecified atom stereocenters. The van der Waals surface area contributed by atoms with Crippen LogP contribution in [0.3, 0.4) is 0 Å². The molecule has 2 aromatic heterocycles. The first-order valence-corrected chi connectivity index (χ1v) is 9.92. The number of carbonyl (C=O) groups is 1. The maximum Gasteiger partial charge on any atom is 0.347 e. The molecule has 4 rings (SSSR count). The summed E-state index contributed by atoms with van der Waals surface area (Å²) in [7, 11) is 0. The maximum absolute atomic E-state index is 11.3. The molecule has 1 aliphatic rings. The Hall–Kier alpha value is -2.73. The molecule has 1 saturated heterocycles. The number of nitrogens with zero attached hydrogens (tertiary/aromatic N) is 4. The molecule has 0 radical (unpaired) electrons. The minimum atomic E-state index is -0.964. The van der Waals surface area contributed by atoms with Crippen LogP contribution in [-0.4, -0.2) is 58.4 Å². The van der Waals surface area contributed by atoms with E-state index in [-0.39, 0.29) is 4.88 Å². The van der Waals surface area contributed by atoms with Crippen LogP contribution in [0, 0.1) is 18.3 Å². The van der Waals surface area contributed by atoms with Gasteiger partial charge in [-0.25, -0.2) is 9.78 Å². The van der Waals surface area contributed by atoms with Gasteiger partial charge in [0.1, 0.15) is 16.0 Å². The summed E-state index contributed by atoms with van der Waals surface area (Å²) in [5.41, 5.74) is 2.96. The average molecular weight is 396 g/mol. The fourth-order valence-corrected chi connectivity index (χ4v) is 4.40. The van der Waals surface area contributed by atoms with Gasteiger partial charge in [0.05, 0.1) is 24.5 Å². The van der Waals surface area contributed by atoms with Crippen LogP contribution in [0.15, 0.2) is 24.4 Å². The number of carboxylic acids is 1. The summed E-state index contributed by atoms with van der Waals surface area (Å²) in [5, 5.41) is 20.4. The Bertz CT molecular complexity index is 1070. The first-order chi connectivity index (χ1) is 13.6. The van der Waals surface area contributed by atoms with Crippen LogP contribution in [0.2, 0.25) is 0 Å². The highest BCUT2D eigenvalue weighted by Crippen LogP contribution is 2.32. The summed E-state index contributed by atoms with van der Waals surface area (Å²) >= 11 is 1.16. The number of aromatic nitrogens is 2. The van der Waals surface area contributed by atoms with Gasteiger partial charge in [-0.15, -0.1) is 11.3 Å². The van der Waals surface area contributed by atoms with Crippen molar-refractivity contribution in [2.45, 2.75) is 13.5 Å². The molecular weight excluding hydrogens is 376 g/mol. The number of hydrogen-bond donors (Lipinski definition) is 1. The standard InChI is InChI=1S/C20H20N4O3S/c1-13-18(20(25)26)28-19(22-13)14-2-3-17-16(10-14)15(11-21)12-24(17)5-4-23-6-8-27-9-7-23/h2-3,10,12H,4-9H2,1H3,(H,25,26). The molecule has 8 heteroatoms. The molecule has 0 amide bonds. The van der Waals surface area contributed by atoms with Crippen molar-refractivity contribution in [1.82, 2.24) is 14.5 Å². The molecule has 3 aromatic rings. The van der Waals surface area contributed by atoms with Crippen molar-refractivity contribution < 1.29 is 14.6 Å². The Balaban J connectivity index is 1.65. The summed E-state index contributed by atoms with van der Waals surface area (Å²) in [6.07, 6.45) is 1.89. The van der Waals surface area contributed by atoms with Crippen molar-refractivity contribution in [3.8, 4) is 16.6 Å². The van der Waals surface area contributed by atoms with E-state index in [9.17, 15) is 15.2 Å². The topological polar surface area (TPSA) is 91.4 Å². The summed E-state index contributed by atoms with van der Waals surface area (Å²) < 4.78 is 7.50. The SMILES string of the molecule is Cc1nc(-c2ccc3c(c2)c(C#N)cn3CCN2CCOCC2)sc1C(=O)O. The van der Waals surface area contributed by atoms with Gasteiger partial charge in [0.15, 0.2) is 0 Å². The second-order valence-corrected chi connectivity index (χ2v) is 7.77. The van der Waals surface area contributed by atoms with Crippen molar-refractivity contribution >= 4 is 28.2 Å². The quantitative estimate of drug-likeness (QED) is 0.713. The molecule has 3 heterocycles. The zero-order chi connectivity index (χ0) is 19.7. The zero-order valence-electron chi connectivity index (χ0n) is 15.5. The highest BCUT2D eigenvalue weighted by Gasteiger charge is 2.17. The van der Waals surface area contributed by atoms with E-state index in [1.165, 1.54) is 0 Å². The smallest absolute Gasteiger partial charge is 0.347 e. The third-order valence-corrected chi connectivity index (χ3v) is 6.19. The number of nitriles is 1. The van der Waals surface area contributed by atoms with Gasteiger partial charge in [-0.2, -0.15) is 5.26 Å². The Morgan fingerprint density at radius 3 is 2.82 bits per heavy atom. The molecular formula is C20H20N4O3S. The molecule has 0 bridgehead atoms. The number of hydrogen-bond acceptors (Lipinski definition) is 6. The molecule has 0 aliphatic carbocycles. The number of aryl methyl sites for hydroxylation is 1. The third kappa shape index (κ3) is 3.52. The minimum Gasteiger partial charge on any atom is -0.477 e. The Morgan fingerprint density at radius 2 is 2.14 bits per heavy atom. The van der Waals surface area contributed by atoms with Crippen LogP contribution in [-0.2, 0) is 11.3 Å². The van der Waals surface area contributed by atoms with E-state index < -0.39 is 5.97 Å².